The molecule has 0 aliphatic carbocycles. The van der Waals surface area contributed by atoms with Crippen molar-refractivity contribution in [2.75, 3.05) is 38.1 Å². The highest BCUT2D eigenvalue weighted by atomic mass is 127. The third kappa shape index (κ3) is 9.99. The van der Waals surface area contributed by atoms with Crippen molar-refractivity contribution < 1.29 is 27.2 Å². The Kier molecular flexibility index (Phi) is 10.3. The number of alkyl halides is 1. The molecule has 33 heavy (non-hydrogen) atoms. The average Bonchev–Trinajstić information content (AvgIpc) is 3.43. The largest absolute Gasteiger partial charge is 0.444 e. The zero-order valence-corrected chi connectivity index (χ0v) is 23.5. The molecular formula is C23H36ClIN2O4S2. The molecule has 0 spiro atoms. The Bertz CT molecular complexity index is 1010. The van der Waals surface area contributed by atoms with Crippen LogP contribution in [0, 0.1) is 0 Å². The lowest BCUT2D eigenvalue weighted by atomic mass is 10.1. The number of thiophene rings is 2. The normalized spacial score (nSPS) is 22.2. The van der Waals surface area contributed by atoms with Gasteiger partial charge < -0.3 is 24.8 Å². The Morgan fingerprint density at radius 1 is 1.12 bits per heavy atom. The number of likely N-dealkylation sites (N-methyl/N-ethyl adjacent to an activating group) is 1. The van der Waals surface area contributed by atoms with Crippen LogP contribution in [-0.2, 0) is 27.1 Å². The SMILES string of the molecule is CC(C)(C)OC(=O)NCC1OCCc2sccc21.Cl.[2H]C([2H])([2H])I.[2H]C([2H])([2H])NCC1OCCc2sccc21. The van der Waals surface area contributed by atoms with Gasteiger partial charge in [-0.1, -0.05) is 22.6 Å². The zero-order chi connectivity index (χ0) is 28.6. The summed E-state index contributed by atoms with van der Waals surface area (Å²) in [7, 11) is 0. The van der Waals surface area contributed by atoms with E-state index in [1.807, 2.05) is 32.2 Å². The van der Waals surface area contributed by atoms with E-state index in [0.717, 1.165) is 18.4 Å². The van der Waals surface area contributed by atoms with E-state index in [4.69, 9.17) is 22.4 Å². The van der Waals surface area contributed by atoms with Gasteiger partial charge in [-0.15, -0.1) is 35.1 Å². The van der Waals surface area contributed by atoms with Crippen LogP contribution in [0.2, 0.25) is 0 Å². The molecule has 1 amide bonds. The van der Waals surface area contributed by atoms with Crippen LogP contribution >= 0.6 is 57.7 Å². The van der Waals surface area contributed by atoms with Gasteiger partial charge in [-0.05, 0) is 66.6 Å². The molecule has 0 bridgehead atoms. The minimum atomic E-state index is -2.09. The number of halogens is 2. The van der Waals surface area contributed by atoms with Crippen molar-refractivity contribution in [3.8, 4) is 0 Å². The number of ether oxygens (including phenoxy) is 3. The van der Waals surface area contributed by atoms with Gasteiger partial charge in [0.15, 0.2) is 0 Å². The van der Waals surface area contributed by atoms with Crippen molar-refractivity contribution in [1.29, 1.82) is 0 Å². The lowest BCUT2D eigenvalue weighted by Crippen LogP contribution is -2.36. The monoisotopic (exact) mass is 636 g/mol. The molecule has 2 aliphatic rings. The molecule has 2 atom stereocenters. The van der Waals surface area contributed by atoms with Gasteiger partial charge in [0.25, 0.3) is 0 Å². The first-order valence-electron chi connectivity index (χ1n) is 13.3. The number of rotatable bonds is 4. The quantitative estimate of drug-likeness (QED) is 0.321. The summed E-state index contributed by atoms with van der Waals surface area (Å²) in [5.41, 5.74) is 1.87. The predicted molar refractivity (Wildman–Crippen MR) is 149 cm³/mol. The Labute approximate surface area is 234 Å². The average molecular weight is 637 g/mol. The van der Waals surface area contributed by atoms with E-state index >= 15 is 0 Å². The second-order valence-electron chi connectivity index (χ2n) is 8.08. The van der Waals surface area contributed by atoms with Crippen LogP contribution in [-0.4, -0.2) is 49.8 Å². The maximum atomic E-state index is 11.6. The third-order valence-corrected chi connectivity index (χ3v) is 6.66. The summed E-state index contributed by atoms with van der Waals surface area (Å²) in [6.45, 7) is 5.66. The van der Waals surface area contributed by atoms with Crippen LogP contribution < -0.4 is 10.6 Å². The number of fused-ring (bicyclic) bond motifs is 2. The van der Waals surface area contributed by atoms with E-state index in [0.29, 0.717) is 26.3 Å². The highest BCUT2D eigenvalue weighted by molar-refractivity contribution is 14.1. The van der Waals surface area contributed by atoms with E-state index < -0.39 is 23.5 Å². The van der Waals surface area contributed by atoms with E-state index in [9.17, 15) is 4.79 Å². The second-order valence-corrected chi connectivity index (χ2v) is 10.1. The van der Waals surface area contributed by atoms with Gasteiger partial charge in [-0.3, -0.25) is 0 Å². The van der Waals surface area contributed by atoms with Crippen LogP contribution in [0.3, 0.4) is 0 Å². The maximum absolute atomic E-state index is 11.6. The van der Waals surface area contributed by atoms with Crippen molar-refractivity contribution in [2.45, 2.75) is 51.4 Å². The van der Waals surface area contributed by atoms with Gasteiger partial charge in [-0.2, -0.15) is 0 Å². The standard InChI is InChI=1S/C13H19NO3S.C9H13NOS.CH3I.ClH/c1-13(2,3)17-12(15)14-8-10-9-5-7-18-11(9)4-6-16-10;1-10-6-8-7-3-5-12-9(7)2-4-11-8;1-2;/h5,7,10H,4,6,8H2,1-3H3,(H,14,15);3,5,8,10H,2,4,6H2,1H3;1H3;1H/i;2*1D3;. The van der Waals surface area contributed by atoms with Crippen molar-refractivity contribution >= 4 is 63.8 Å². The van der Waals surface area contributed by atoms with Crippen molar-refractivity contribution in [1.82, 2.24) is 10.6 Å². The highest BCUT2D eigenvalue weighted by Gasteiger charge is 2.24. The van der Waals surface area contributed by atoms with Gasteiger partial charge in [0.05, 0.1) is 25.9 Å². The van der Waals surface area contributed by atoms with Crippen molar-refractivity contribution in [3.63, 3.8) is 0 Å². The number of alkyl carbamates (subject to hydrolysis) is 1. The molecule has 2 aliphatic heterocycles. The van der Waals surface area contributed by atoms with E-state index in [1.165, 1.54) is 37.9 Å². The molecular weight excluding hydrogens is 595 g/mol. The van der Waals surface area contributed by atoms with Crippen LogP contribution in [0.25, 0.3) is 0 Å². The minimum Gasteiger partial charge on any atom is -0.444 e. The van der Waals surface area contributed by atoms with Crippen LogP contribution in [0.15, 0.2) is 22.9 Å². The van der Waals surface area contributed by atoms with Gasteiger partial charge in [0.1, 0.15) is 11.7 Å². The fourth-order valence-corrected chi connectivity index (χ4v) is 5.20. The Morgan fingerprint density at radius 3 is 2.12 bits per heavy atom. The zero-order valence-electron chi connectivity index (χ0n) is 24.9. The molecule has 0 aromatic carbocycles. The topological polar surface area (TPSA) is 68.8 Å². The summed E-state index contributed by atoms with van der Waals surface area (Å²) in [6, 6.07) is 4.09. The Balaban J connectivity index is 0.000000329. The summed E-state index contributed by atoms with van der Waals surface area (Å²) in [5.74, 6) is 0. The first-order chi connectivity index (χ1) is 17.5. The van der Waals surface area contributed by atoms with E-state index in [1.54, 1.807) is 22.7 Å². The summed E-state index contributed by atoms with van der Waals surface area (Å²) < 4.78 is 56.4. The number of hydrogen-bond acceptors (Lipinski definition) is 7. The van der Waals surface area contributed by atoms with Gasteiger partial charge in [0.2, 0.25) is 0 Å². The smallest absolute Gasteiger partial charge is 0.407 e. The summed E-state index contributed by atoms with van der Waals surface area (Å²) in [4.78, 5) is 12.5. The molecule has 0 saturated carbocycles. The number of amides is 1. The van der Waals surface area contributed by atoms with E-state index in [-0.39, 0.29) is 24.6 Å². The Morgan fingerprint density at radius 2 is 1.64 bits per heavy atom. The van der Waals surface area contributed by atoms with Crippen molar-refractivity contribution in [3.05, 3.63) is 43.8 Å². The molecule has 0 fully saturated rings. The molecule has 10 heteroatoms. The Hall–Kier alpha value is -0.430. The number of carbonyl (C=O) groups excluding carboxylic acids is 1. The lowest BCUT2D eigenvalue weighted by Gasteiger charge is -2.25. The summed E-state index contributed by atoms with van der Waals surface area (Å²) in [6.07, 6.45) is 1.36. The number of hydrogen-bond donors (Lipinski definition) is 2. The fourth-order valence-electron chi connectivity index (χ4n) is 3.37. The molecule has 0 radical (unpaired) electrons. The second kappa shape index (κ2) is 15.5. The molecule has 2 aromatic heterocycles. The molecule has 188 valence electrons. The molecule has 4 heterocycles. The van der Waals surface area contributed by atoms with Crippen LogP contribution in [0.1, 0.15) is 62.1 Å². The molecule has 6 nitrogen and oxygen atoms in total. The first-order valence-corrected chi connectivity index (χ1v) is 13.1. The lowest BCUT2D eigenvalue weighted by molar-refractivity contribution is 0.0296. The fraction of sp³-hybridized carbons (Fsp3) is 0.609. The first kappa shape index (κ1) is 21.8. The van der Waals surface area contributed by atoms with Gasteiger partial charge in [-0.25, -0.2) is 4.79 Å². The molecule has 2 N–H and O–H groups in total. The molecule has 4 rings (SSSR count). The number of carbonyl (C=O) groups is 1. The van der Waals surface area contributed by atoms with E-state index in [2.05, 4.69) is 22.1 Å². The summed E-state index contributed by atoms with van der Waals surface area (Å²) >= 11 is 4.84. The van der Waals surface area contributed by atoms with Crippen LogP contribution in [0.5, 0.6) is 0 Å². The van der Waals surface area contributed by atoms with Crippen molar-refractivity contribution in [2.24, 2.45) is 0 Å². The minimum absolute atomic E-state index is 0. The number of nitrogens with one attached hydrogen (secondary N) is 2. The third-order valence-electron chi connectivity index (χ3n) is 4.67. The highest BCUT2D eigenvalue weighted by Crippen LogP contribution is 2.31. The predicted octanol–water partition coefficient (Wildman–Crippen LogP) is 5.94. The molecule has 2 aromatic rings. The molecule has 0 saturated heterocycles. The molecule has 2 unspecified atom stereocenters. The van der Waals surface area contributed by atoms with Gasteiger partial charge in [0, 0.05) is 37.4 Å². The van der Waals surface area contributed by atoms with Gasteiger partial charge >= 0.3 is 6.09 Å². The van der Waals surface area contributed by atoms with Crippen LogP contribution in [0.4, 0.5) is 4.79 Å². The summed E-state index contributed by atoms with van der Waals surface area (Å²) in [5, 5.41) is 9.36. The maximum Gasteiger partial charge on any atom is 0.407 e.